The monoisotopic (exact) mass is 418 g/mol. The Kier molecular flexibility index (Phi) is 6.94. The number of Topliss-reactive ketones (excluding diaryl/α,β-unsaturated/α-hetero) is 1. The zero-order valence-electron chi connectivity index (χ0n) is 16.9. The van der Waals surface area contributed by atoms with E-state index < -0.39 is 33.4 Å². The molecule has 2 N–H and O–H groups in total. The summed E-state index contributed by atoms with van der Waals surface area (Å²) in [6, 6.07) is 13.7. The van der Waals surface area contributed by atoms with Crippen LogP contribution >= 0.6 is 0 Å². The molecule has 8 heteroatoms. The molecule has 0 aliphatic carbocycles. The normalized spacial score (nSPS) is 14.9. The van der Waals surface area contributed by atoms with Crippen molar-refractivity contribution in [3.63, 3.8) is 0 Å². The Hall–Kier alpha value is -2.55. The summed E-state index contributed by atoms with van der Waals surface area (Å²) in [6.45, 7) is 3.33. The Morgan fingerprint density at radius 2 is 1.66 bits per heavy atom. The van der Waals surface area contributed by atoms with Gasteiger partial charge in [-0.15, -0.1) is 0 Å². The van der Waals surface area contributed by atoms with Crippen molar-refractivity contribution in [1.29, 1.82) is 0 Å². The summed E-state index contributed by atoms with van der Waals surface area (Å²) < 4.78 is 27.3. The highest BCUT2D eigenvalue weighted by atomic mass is 32.2. The number of hydrogen-bond donors (Lipinski definition) is 2. The van der Waals surface area contributed by atoms with Crippen molar-refractivity contribution >= 4 is 21.8 Å². The number of rotatable bonds is 9. The van der Waals surface area contributed by atoms with Crippen molar-refractivity contribution in [2.45, 2.75) is 36.7 Å². The molecule has 0 heterocycles. The third-order valence-electron chi connectivity index (χ3n) is 5.11. The molecule has 0 aromatic heterocycles. The fourth-order valence-electron chi connectivity index (χ4n) is 3.12. The molecule has 0 spiro atoms. The minimum Gasteiger partial charge on any atom is -0.479 e. The van der Waals surface area contributed by atoms with Gasteiger partial charge in [0, 0.05) is 13.5 Å². The fourth-order valence-corrected chi connectivity index (χ4v) is 4.56. The van der Waals surface area contributed by atoms with Crippen LogP contribution in [0.4, 0.5) is 0 Å². The maximum atomic E-state index is 13.3. The van der Waals surface area contributed by atoms with E-state index in [0.29, 0.717) is 9.87 Å². The Balaban J connectivity index is 2.68. The molecule has 0 bridgehead atoms. The van der Waals surface area contributed by atoms with Gasteiger partial charge in [0.1, 0.15) is 0 Å². The van der Waals surface area contributed by atoms with Crippen molar-refractivity contribution in [3.05, 3.63) is 65.7 Å². The Morgan fingerprint density at radius 1 is 1.10 bits per heavy atom. The van der Waals surface area contributed by atoms with Crippen LogP contribution in [-0.2, 0) is 26.0 Å². The number of carboxylic acid groups (broad SMARTS) is 1. The van der Waals surface area contributed by atoms with Gasteiger partial charge in [0.2, 0.25) is 10.0 Å². The highest BCUT2D eigenvalue weighted by molar-refractivity contribution is 7.89. The third-order valence-corrected chi connectivity index (χ3v) is 7.01. The van der Waals surface area contributed by atoms with E-state index >= 15 is 0 Å². The molecule has 156 valence electrons. The smallest absolute Gasteiger partial charge is 0.333 e. The molecular formula is C21H26N2O5S. The molecular weight excluding hydrogens is 392 g/mol. The molecule has 2 aromatic carbocycles. The minimum absolute atomic E-state index is 0.0748. The number of aliphatic carboxylic acids is 1. The molecule has 1 unspecified atom stereocenters. The zero-order valence-corrected chi connectivity index (χ0v) is 17.7. The van der Waals surface area contributed by atoms with E-state index in [1.54, 1.807) is 42.5 Å². The summed E-state index contributed by atoms with van der Waals surface area (Å²) in [7, 11) is -1.60. The predicted octanol–water partition coefficient (Wildman–Crippen LogP) is 1.86. The second-order valence-electron chi connectivity index (χ2n) is 6.99. The van der Waals surface area contributed by atoms with Gasteiger partial charge in [-0.1, -0.05) is 48.0 Å². The number of carboxylic acids is 1. The highest BCUT2D eigenvalue weighted by Gasteiger charge is 2.55. The molecule has 0 radical (unpaired) electrons. The van der Waals surface area contributed by atoms with Crippen LogP contribution in [-0.4, -0.2) is 55.3 Å². The van der Waals surface area contributed by atoms with Crippen molar-refractivity contribution in [3.8, 4) is 0 Å². The number of carbonyl (C=O) groups is 2. The standard InChI is InChI=1S/C21H26N2O5S/c1-15-10-12-18(13-11-15)29(27,28)23(4)21(20(25)26,19(24)16(2)22-3)14-17-8-6-5-7-9-17/h5-13,16,22H,14H2,1-4H3,(H,25,26)/t16?,21-/m1/s1. The van der Waals surface area contributed by atoms with Gasteiger partial charge in [0.15, 0.2) is 11.3 Å². The van der Waals surface area contributed by atoms with Gasteiger partial charge < -0.3 is 10.4 Å². The fraction of sp³-hybridized carbons (Fsp3) is 0.333. The van der Waals surface area contributed by atoms with E-state index in [2.05, 4.69) is 5.32 Å². The molecule has 0 aliphatic rings. The number of hydrogen-bond acceptors (Lipinski definition) is 5. The van der Waals surface area contributed by atoms with E-state index in [-0.39, 0.29) is 11.3 Å². The maximum absolute atomic E-state index is 13.3. The van der Waals surface area contributed by atoms with Crippen molar-refractivity contribution < 1.29 is 23.1 Å². The molecule has 2 atom stereocenters. The van der Waals surface area contributed by atoms with E-state index in [1.807, 2.05) is 6.92 Å². The Labute approximate surface area is 171 Å². The van der Waals surface area contributed by atoms with Gasteiger partial charge >= 0.3 is 5.97 Å². The second kappa shape index (κ2) is 8.86. The molecule has 2 aromatic rings. The molecule has 29 heavy (non-hydrogen) atoms. The quantitative estimate of drug-likeness (QED) is 0.603. The van der Waals surface area contributed by atoms with Gasteiger partial charge in [0.05, 0.1) is 10.9 Å². The van der Waals surface area contributed by atoms with Crippen molar-refractivity contribution in [2.75, 3.05) is 14.1 Å². The molecule has 0 aliphatic heterocycles. The SMILES string of the molecule is CNC(C)C(=O)[C@](Cc1ccccc1)(C(=O)O)N(C)S(=O)(=O)c1ccc(C)cc1. The molecule has 0 saturated carbocycles. The highest BCUT2D eigenvalue weighted by Crippen LogP contribution is 2.30. The van der Waals surface area contributed by atoms with E-state index in [1.165, 1.54) is 26.1 Å². The number of benzene rings is 2. The van der Waals surface area contributed by atoms with E-state index in [0.717, 1.165) is 12.6 Å². The Bertz CT molecular complexity index is 974. The first-order valence-corrected chi connectivity index (χ1v) is 10.6. The van der Waals surface area contributed by atoms with Crippen LogP contribution in [0, 0.1) is 6.92 Å². The van der Waals surface area contributed by atoms with Gasteiger partial charge in [-0.05, 0) is 38.6 Å². The summed E-state index contributed by atoms with van der Waals surface area (Å²) in [5, 5.41) is 12.9. The lowest BCUT2D eigenvalue weighted by Gasteiger charge is -2.37. The summed E-state index contributed by atoms with van der Waals surface area (Å²) in [6.07, 6.45) is -0.296. The molecule has 2 rings (SSSR count). The van der Waals surface area contributed by atoms with Crippen LogP contribution in [0.25, 0.3) is 0 Å². The zero-order chi connectivity index (χ0) is 21.8. The van der Waals surface area contributed by atoms with Crippen LogP contribution in [0.2, 0.25) is 0 Å². The topological polar surface area (TPSA) is 104 Å². The predicted molar refractivity (Wildman–Crippen MR) is 110 cm³/mol. The maximum Gasteiger partial charge on any atom is 0.333 e. The number of likely N-dealkylation sites (N-methyl/N-ethyl adjacent to an activating group) is 2. The minimum atomic E-state index is -4.26. The number of nitrogens with one attached hydrogen (secondary N) is 1. The number of sulfonamides is 1. The van der Waals surface area contributed by atoms with Crippen LogP contribution in [0.1, 0.15) is 18.1 Å². The van der Waals surface area contributed by atoms with Crippen LogP contribution in [0.15, 0.2) is 59.5 Å². The number of aryl methyl sites for hydroxylation is 1. The molecule has 7 nitrogen and oxygen atoms in total. The van der Waals surface area contributed by atoms with Gasteiger partial charge in [0.25, 0.3) is 0 Å². The van der Waals surface area contributed by atoms with Crippen molar-refractivity contribution in [2.24, 2.45) is 0 Å². The number of nitrogens with zero attached hydrogens (tertiary/aromatic N) is 1. The van der Waals surface area contributed by atoms with Gasteiger partial charge in [-0.25, -0.2) is 13.2 Å². The average Bonchev–Trinajstić information content (AvgIpc) is 2.71. The Morgan fingerprint density at radius 3 is 2.14 bits per heavy atom. The molecule has 0 saturated heterocycles. The lowest BCUT2D eigenvalue weighted by atomic mass is 9.83. The van der Waals surface area contributed by atoms with Crippen LogP contribution in [0.3, 0.4) is 0 Å². The lowest BCUT2D eigenvalue weighted by molar-refractivity contribution is -0.154. The number of ketones is 1. The molecule has 0 amide bonds. The average molecular weight is 419 g/mol. The first kappa shape index (κ1) is 22.7. The first-order chi connectivity index (χ1) is 13.6. The van der Waals surface area contributed by atoms with Gasteiger partial charge in [-0.2, -0.15) is 4.31 Å². The van der Waals surface area contributed by atoms with E-state index in [4.69, 9.17) is 0 Å². The summed E-state index contributed by atoms with van der Waals surface area (Å²) >= 11 is 0. The first-order valence-electron chi connectivity index (χ1n) is 9.12. The van der Waals surface area contributed by atoms with Crippen LogP contribution < -0.4 is 5.32 Å². The number of carbonyl (C=O) groups excluding carboxylic acids is 1. The summed E-state index contributed by atoms with van der Waals surface area (Å²) in [5.41, 5.74) is -0.911. The third kappa shape index (κ3) is 4.39. The van der Waals surface area contributed by atoms with Gasteiger partial charge in [-0.3, -0.25) is 4.79 Å². The van der Waals surface area contributed by atoms with Crippen molar-refractivity contribution in [1.82, 2.24) is 9.62 Å². The summed E-state index contributed by atoms with van der Waals surface area (Å²) in [4.78, 5) is 25.7. The second-order valence-corrected chi connectivity index (χ2v) is 8.96. The van der Waals surface area contributed by atoms with E-state index in [9.17, 15) is 23.1 Å². The molecule has 0 fully saturated rings. The van der Waals surface area contributed by atoms with Crippen LogP contribution in [0.5, 0.6) is 0 Å². The lowest BCUT2D eigenvalue weighted by Crippen LogP contribution is -2.65. The largest absolute Gasteiger partial charge is 0.479 e. The summed E-state index contributed by atoms with van der Waals surface area (Å²) in [5.74, 6) is -2.26.